The predicted molar refractivity (Wildman–Crippen MR) is 58.5 cm³/mol. The molecule has 2 rings (SSSR count). The third-order valence-corrected chi connectivity index (χ3v) is 3.50. The molecule has 0 bridgehead atoms. The number of benzene rings is 1. The van der Waals surface area contributed by atoms with Gasteiger partial charge in [-0.1, -0.05) is 38.3 Å². The topological polar surface area (TPSA) is 20.2 Å². The van der Waals surface area contributed by atoms with Crippen molar-refractivity contribution in [3.05, 3.63) is 29.8 Å². The van der Waals surface area contributed by atoms with Crippen molar-refractivity contribution in [3.8, 4) is 5.75 Å². The van der Waals surface area contributed by atoms with Gasteiger partial charge in [0.2, 0.25) is 0 Å². The summed E-state index contributed by atoms with van der Waals surface area (Å²) in [4.78, 5) is 0. The van der Waals surface area contributed by atoms with Crippen LogP contribution in [0.3, 0.4) is 0 Å². The number of rotatable bonds is 1. The van der Waals surface area contributed by atoms with Gasteiger partial charge in [-0.2, -0.15) is 0 Å². The number of phenols is 1. The molecule has 0 spiro atoms. The molecule has 1 aliphatic carbocycles. The maximum absolute atomic E-state index is 9.46. The molecular weight excluding hydrogens is 172 g/mol. The third kappa shape index (κ3) is 1.77. The van der Waals surface area contributed by atoms with Gasteiger partial charge in [0, 0.05) is 0 Å². The zero-order valence-corrected chi connectivity index (χ0v) is 8.79. The summed E-state index contributed by atoms with van der Waals surface area (Å²) in [7, 11) is 0. The first-order chi connectivity index (χ1) is 6.71. The van der Waals surface area contributed by atoms with Crippen molar-refractivity contribution in [2.45, 2.75) is 44.4 Å². The SMILES string of the molecule is CC1(c2cccc(O)c2)CCCCC1. The van der Waals surface area contributed by atoms with E-state index in [-0.39, 0.29) is 0 Å². The summed E-state index contributed by atoms with van der Waals surface area (Å²) in [5.41, 5.74) is 1.61. The highest BCUT2D eigenvalue weighted by molar-refractivity contribution is 5.32. The molecular formula is C13H18O. The van der Waals surface area contributed by atoms with Crippen molar-refractivity contribution in [1.29, 1.82) is 0 Å². The molecule has 14 heavy (non-hydrogen) atoms. The summed E-state index contributed by atoms with van der Waals surface area (Å²) in [6.07, 6.45) is 6.54. The molecule has 0 heterocycles. The third-order valence-electron chi connectivity index (χ3n) is 3.50. The Morgan fingerprint density at radius 1 is 1.14 bits per heavy atom. The van der Waals surface area contributed by atoms with Gasteiger partial charge in [-0.3, -0.25) is 0 Å². The average Bonchev–Trinajstić information content (AvgIpc) is 2.19. The van der Waals surface area contributed by atoms with E-state index in [9.17, 15) is 5.11 Å². The highest BCUT2D eigenvalue weighted by Gasteiger charge is 2.28. The van der Waals surface area contributed by atoms with Crippen molar-refractivity contribution in [1.82, 2.24) is 0 Å². The first kappa shape index (κ1) is 9.57. The summed E-state index contributed by atoms with van der Waals surface area (Å²) in [6, 6.07) is 7.76. The standard InChI is InChI=1S/C13H18O/c1-13(8-3-2-4-9-13)11-6-5-7-12(14)10-11/h5-7,10,14H,2-4,8-9H2,1H3. The van der Waals surface area contributed by atoms with Crippen LogP contribution in [-0.4, -0.2) is 5.11 Å². The quantitative estimate of drug-likeness (QED) is 0.717. The summed E-state index contributed by atoms with van der Waals surface area (Å²) < 4.78 is 0. The first-order valence-corrected chi connectivity index (χ1v) is 5.50. The molecule has 0 atom stereocenters. The Kier molecular flexibility index (Phi) is 2.49. The van der Waals surface area contributed by atoms with E-state index >= 15 is 0 Å². The highest BCUT2D eigenvalue weighted by Crippen LogP contribution is 2.39. The molecule has 1 saturated carbocycles. The van der Waals surface area contributed by atoms with E-state index in [1.165, 1.54) is 37.7 Å². The molecule has 0 aliphatic heterocycles. The van der Waals surface area contributed by atoms with Gasteiger partial charge >= 0.3 is 0 Å². The van der Waals surface area contributed by atoms with Crippen LogP contribution in [0.2, 0.25) is 0 Å². The lowest BCUT2D eigenvalue weighted by molar-refractivity contribution is 0.318. The van der Waals surface area contributed by atoms with E-state index in [0.29, 0.717) is 11.2 Å². The maximum atomic E-state index is 9.46. The molecule has 1 nitrogen and oxygen atoms in total. The fraction of sp³-hybridized carbons (Fsp3) is 0.538. The van der Waals surface area contributed by atoms with Gasteiger partial charge in [-0.25, -0.2) is 0 Å². The first-order valence-electron chi connectivity index (χ1n) is 5.50. The van der Waals surface area contributed by atoms with Gasteiger partial charge < -0.3 is 5.11 Å². The Bertz CT molecular complexity index is 311. The molecule has 0 aromatic heterocycles. The van der Waals surface area contributed by atoms with E-state index in [4.69, 9.17) is 0 Å². The lowest BCUT2D eigenvalue weighted by atomic mass is 9.71. The summed E-state index contributed by atoms with van der Waals surface area (Å²) in [5.74, 6) is 0.397. The van der Waals surface area contributed by atoms with Crippen LogP contribution in [0, 0.1) is 0 Å². The van der Waals surface area contributed by atoms with Crippen LogP contribution in [0.15, 0.2) is 24.3 Å². The van der Waals surface area contributed by atoms with E-state index in [1.807, 2.05) is 12.1 Å². The molecule has 1 N–H and O–H groups in total. The molecule has 0 unspecified atom stereocenters. The van der Waals surface area contributed by atoms with E-state index in [0.717, 1.165) is 0 Å². The van der Waals surface area contributed by atoms with Gasteiger partial charge in [0.15, 0.2) is 0 Å². The Morgan fingerprint density at radius 3 is 2.50 bits per heavy atom. The fourth-order valence-corrected chi connectivity index (χ4v) is 2.50. The molecule has 1 aromatic rings. The van der Waals surface area contributed by atoms with Gasteiger partial charge in [-0.05, 0) is 36.0 Å². The molecule has 1 heteroatoms. The second-order valence-electron chi connectivity index (χ2n) is 4.67. The second kappa shape index (κ2) is 3.64. The zero-order chi connectivity index (χ0) is 10.0. The smallest absolute Gasteiger partial charge is 0.115 e. The molecule has 1 aromatic carbocycles. The molecule has 1 aliphatic rings. The lowest BCUT2D eigenvalue weighted by Crippen LogP contribution is -2.24. The van der Waals surface area contributed by atoms with Crippen LogP contribution >= 0.6 is 0 Å². The van der Waals surface area contributed by atoms with Gasteiger partial charge in [-0.15, -0.1) is 0 Å². The molecule has 0 saturated heterocycles. The molecule has 76 valence electrons. The van der Waals surface area contributed by atoms with Gasteiger partial charge in [0.25, 0.3) is 0 Å². The van der Waals surface area contributed by atoms with Crippen LogP contribution < -0.4 is 0 Å². The van der Waals surface area contributed by atoms with Crippen LogP contribution in [0.5, 0.6) is 5.75 Å². The molecule has 0 radical (unpaired) electrons. The normalized spacial score (nSPS) is 20.6. The summed E-state index contributed by atoms with van der Waals surface area (Å²) >= 11 is 0. The largest absolute Gasteiger partial charge is 0.508 e. The number of hydrogen-bond acceptors (Lipinski definition) is 1. The van der Waals surface area contributed by atoms with Crippen molar-refractivity contribution in [2.24, 2.45) is 0 Å². The fourth-order valence-electron chi connectivity index (χ4n) is 2.50. The average molecular weight is 190 g/mol. The van der Waals surface area contributed by atoms with Gasteiger partial charge in [0.1, 0.15) is 5.75 Å². The minimum Gasteiger partial charge on any atom is -0.508 e. The molecule has 1 fully saturated rings. The van der Waals surface area contributed by atoms with Crippen LogP contribution in [0.4, 0.5) is 0 Å². The van der Waals surface area contributed by atoms with Crippen molar-refractivity contribution in [2.75, 3.05) is 0 Å². The van der Waals surface area contributed by atoms with Crippen LogP contribution in [0.1, 0.15) is 44.6 Å². The van der Waals surface area contributed by atoms with Crippen LogP contribution in [-0.2, 0) is 5.41 Å². The van der Waals surface area contributed by atoms with E-state index in [1.54, 1.807) is 6.07 Å². The minimum absolute atomic E-state index is 0.303. The Hall–Kier alpha value is -0.980. The highest BCUT2D eigenvalue weighted by atomic mass is 16.3. The second-order valence-corrected chi connectivity index (χ2v) is 4.67. The minimum atomic E-state index is 0.303. The Balaban J connectivity index is 2.28. The number of phenolic OH excluding ortho intramolecular Hbond substituents is 1. The lowest BCUT2D eigenvalue weighted by Gasteiger charge is -2.34. The summed E-state index contributed by atoms with van der Waals surface area (Å²) in [5, 5.41) is 9.46. The number of aromatic hydroxyl groups is 1. The maximum Gasteiger partial charge on any atom is 0.115 e. The molecule has 0 amide bonds. The zero-order valence-electron chi connectivity index (χ0n) is 8.79. The summed E-state index contributed by atoms with van der Waals surface area (Å²) in [6.45, 7) is 2.32. The Morgan fingerprint density at radius 2 is 1.86 bits per heavy atom. The Labute approximate surface area is 85.8 Å². The number of hydrogen-bond donors (Lipinski definition) is 1. The van der Waals surface area contributed by atoms with Crippen molar-refractivity contribution >= 4 is 0 Å². The predicted octanol–water partition coefficient (Wildman–Crippen LogP) is 3.61. The van der Waals surface area contributed by atoms with E-state index < -0.39 is 0 Å². The van der Waals surface area contributed by atoms with E-state index in [2.05, 4.69) is 13.0 Å². The monoisotopic (exact) mass is 190 g/mol. The van der Waals surface area contributed by atoms with Crippen LogP contribution in [0.25, 0.3) is 0 Å². The van der Waals surface area contributed by atoms with Crippen molar-refractivity contribution < 1.29 is 5.11 Å². The van der Waals surface area contributed by atoms with Gasteiger partial charge in [0.05, 0.1) is 0 Å². The van der Waals surface area contributed by atoms with Crippen molar-refractivity contribution in [3.63, 3.8) is 0 Å².